The smallest absolute Gasteiger partial charge is 0.253 e. The van der Waals surface area contributed by atoms with Gasteiger partial charge in [-0.3, -0.25) is 4.79 Å². The van der Waals surface area contributed by atoms with Gasteiger partial charge in [0.15, 0.2) is 0 Å². The number of hydrogen-bond donors (Lipinski definition) is 1. The van der Waals surface area contributed by atoms with Gasteiger partial charge in [-0.05, 0) is 50.8 Å². The fraction of sp³-hybridized carbons (Fsp3) is 0.294. The van der Waals surface area contributed by atoms with Gasteiger partial charge in [0.05, 0.1) is 6.42 Å². The Bertz CT molecular complexity index is 969. The molecule has 25 heavy (non-hydrogen) atoms. The molecule has 2 aromatic heterocycles. The number of anilines is 1. The van der Waals surface area contributed by atoms with Crippen molar-refractivity contribution >= 4 is 45.1 Å². The first-order valence-electron chi connectivity index (χ1n) is 7.72. The highest BCUT2D eigenvalue weighted by Crippen LogP contribution is 2.21. The van der Waals surface area contributed by atoms with Crippen LogP contribution in [0.15, 0.2) is 27.8 Å². The Labute approximate surface area is 158 Å². The van der Waals surface area contributed by atoms with E-state index in [1.165, 1.54) is 11.8 Å². The van der Waals surface area contributed by atoms with Crippen LogP contribution in [0.4, 0.5) is 5.69 Å². The molecule has 0 bridgehead atoms. The van der Waals surface area contributed by atoms with Crippen LogP contribution in [0.2, 0.25) is 0 Å². The Morgan fingerprint density at radius 2 is 2.04 bits per heavy atom. The minimum Gasteiger partial charge on any atom is -0.326 e. The van der Waals surface area contributed by atoms with Crippen LogP contribution in [-0.2, 0) is 11.2 Å². The summed E-state index contributed by atoms with van der Waals surface area (Å²) in [6.45, 7) is 5.80. The van der Waals surface area contributed by atoms with Gasteiger partial charge in [0, 0.05) is 27.1 Å². The molecule has 6 nitrogen and oxygen atoms in total. The van der Waals surface area contributed by atoms with Gasteiger partial charge in [0.2, 0.25) is 11.1 Å². The van der Waals surface area contributed by atoms with E-state index in [1.54, 1.807) is 4.52 Å². The summed E-state index contributed by atoms with van der Waals surface area (Å²) in [6, 6.07) is 5.77. The summed E-state index contributed by atoms with van der Waals surface area (Å²) in [5.74, 6) is 0.482. The Morgan fingerprint density at radius 1 is 1.28 bits per heavy atom. The molecule has 130 valence electrons. The van der Waals surface area contributed by atoms with E-state index in [9.17, 15) is 4.79 Å². The number of carbonyl (C=O) groups excluding carboxylic acids is 1. The lowest BCUT2D eigenvalue weighted by Gasteiger charge is -2.12. The molecule has 0 radical (unpaired) electrons. The molecule has 0 saturated carbocycles. The zero-order valence-corrected chi connectivity index (χ0v) is 16.8. The number of fused-ring (bicyclic) bond motifs is 1. The highest BCUT2D eigenvalue weighted by Gasteiger charge is 2.16. The Kier molecular flexibility index (Phi) is 5.10. The third-order valence-corrected chi connectivity index (χ3v) is 5.04. The largest absolute Gasteiger partial charge is 0.326 e. The summed E-state index contributed by atoms with van der Waals surface area (Å²) in [5, 5.41) is 8.05. The number of thioether (sulfide) groups is 1. The number of carbonyl (C=O) groups is 1. The number of aryl methyl sites for hydroxylation is 3. The predicted octanol–water partition coefficient (Wildman–Crippen LogP) is 3.72. The normalized spacial score (nSPS) is 11.1. The monoisotopic (exact) mass is 419 g/mol. The van der Waals surface area contributed by atoms with Crippen molar-refractivity contribution in [1.82, 2.24) is 19.6 Å². The molecular formula is C17H18BrN5OS. The van der Waals surface area contributed by atoms with Crippen LogP contribution in [0.3, 0.4) is 0 Å². The fourth-order valence-corrected chi connectivity index (χ4v) is 3.47. The van der Waals surface area contributed by atoms with Gasteiger partial charge >= 0.3 is 0 Å². The lowest BCUT2D eigenvalue weighted by molar-refractivity contribution is -0.115. The number of benzene rings is 1. The number of nitrogens with zero attached hydrogens (tertiary/aromatic N) is 4. The summed E-state index contributed by atoms with van der Waals surface area (Å²) in [5.41, 5.74) is 4.37. The molecule has 0 aliphatic heterocycles. The molecule has 2 heterocycles. The number of nitrogens with one attached hydrogen (secondary N) is 1. The van der Waals surface area contributed by atoms with Crippen molar-refractivity contribution in [3.63, 3.8) is 0 Å². The Morgan fingerprint density at radius 3 is 2.72 bits per heavy atom. The number of rotatable bonds is 4. The quantitative estimate of drug-likeness (QED) is 0.652. The second kappa shape index (κ2) is 7.13. The third-order valence-electron chi connectivity index (χ3n) is 4.01. The lowest BCUT2D eigenvalue weighted by atomic mass is 10.1. The zero-order chi connectivity index (χ0) is 18.1. The highest BCUT2D eigenvalue weighted by atomic mass is 79.9. The van der Waals surface area contributed by atoms with E-state index in [1.807, 2.05) is 45.2 Å². The highest BCUT2D eigenvalue weighted by molar-refractivity contribution is 9.10. The van der Waals surface area contributed by atoms with Crippen molar-refractivity contribution in [3.05, 3.63) is 45.2 Å². The van der Waals surface area contributed by atoms with Gasteiger partial charge in [-0.1, -0.05) is 27.7 Å². The Balaban J connectivity index is 1.87. The maximum atomic E-state index is 12.5. The van der Waals surface area contributed by atoms with Gasteiger partial charge < -0.3 is 5.32 Å². The fourth-order valence-electron chi connectivity index (χ4n) is 2.65. The molecule has 0 unspecified atom stereocenters. The molecule has 0 fully saturated rings. The molecule has 0 atom stereocenters. The van der Waals surface area contributed by atoms with Gasteiger partial charge in [-0.2, -0.15) is 4.98 Å². The van der Waals surface area contributed by atoms with Crippen molar-refractivity contribution < 1.29 is 4.79 Å². The molecule has 0 saturated heterocycles. The molecule has 3 rings (SSSR count). The van der Waals surface area contributed by atoms with Gasteiger partial charge in [0.25, 0.3) is 5.78 Å². The van der Waals surface area contributed by atoms with E-state index >= 15 is 0 Å². The molecule has 0 aliphatic carbocycles. The van der Waals surface area contributed by atoms with Crippen LogP contribution in [0, 0.1) is 20.8 Å². The first kappa shape index (κ1) is 17.9. The van der Waals surface area contributed by atoms with Crippen LogP contribution in [0.25, 0.3) is 5.78 Å². The molecule has 1 N–H and O–H groups in total. The van der Waals surface area contributed by atoms with Crippen LogP contribution in [0.1, 0.15) is 22.5 Å². The van der Waals surface area contributed by atoms with E-state index in [4.69, 9.17) is 0 Å². The average molecular weight is 420 g/mol. The maximum Gasteiger partial charge on any atom is 0.253 e. The van der Waals surface area contributed by atoms with Crippen LogP contribution >= 0.6 is 27.7 Å². The third kappa shape index (κ3) is 3.69. The SMILES string of the molecule is CSc1nc2nc(C)c(CC(=O)Nc3ccc(Br)cc3C)c(C)n2n1. The second-order valence-electron chi connectivity index (χ2n) is 5.76. The van der Waals surface area contributed by atoms with Crippen molar-refractivity contribution in [3.8, 4) is 0 Å². The lowest BCUT2D eigenvalue weighted by Crippen LogP contribution is -2.18. The minimum atomic E-state index is -0.0806. The molecule has 1 amide bonds. The standard InChI is InChI=1S/C17H18BrN5OS/c1-9-7-12(18)5-6-14(9)20-15(24)8-13-10(2)19-16-21-17(25-4)22-23(16)11(13)3/h5-7H,8H2,1-4H3,(H,20,24). The molecule has 0 spiro atoms. The zero-order valence-electron chi connectivity index (χ0n) is 14.4. The van der Waals surface area contributed by atoms with Crippen LogP contribution in [0.5, 0.6) is 0 Å². The molecule has 3 aromatic rings. The maximum absolute atomic E-state index is 12.5. The van der Waals surface area contributed by atoms with Crippen molar-refractivity contribution in [2.45, 2.75) is 32.3 Å². The van der Waals surface area contributed by atoms with Crippen LogP contribution < -0.4 is 5.32 Å². The minimum absolute atomic E-state index is 0.0806. The summed E-state index contributed by atoms with van der Waals surface area (Å²) < 4.78 is 2.69. The predicted molar refractivity (Wildman–Crippen MR) is 103 cm³/mol. The first-order chi connectivity index (χ1) is 11.9. The van der Waals surface area contributed by atoms with Gasteiger partial charge in [0.1, 0.15) is 0 Å². The summed E-state index contributed by atoms with van der Waals surface area (Å²) in [6.07, 6.45) is 2.16. The molecule has 1 aromatic carbocycles. The van der Waals surface area contributed by atoms with Crippen molar-refractivity contribution in [2.24, 2.45) is 0 Å². The molecule has 8 heteroatoms. The van der Waals surface area contributed by atoms with Gasteiger partial charge in [-0.25, -0.2) is 9.50 Å². The van der Waals surface area contributed by atoms with E-state index in [-0.39, 0.29) is 12.3 Å². The number of amides is 1. The summed E-state index contributed by atoms with van der Waals surface area (Å²) in [4.78, 5) is 21.4. The van der Waals surface area contributed by atoms with Crippen molar-refractivity contribution in [2.75, 3.05) is 11.6 Å². The number of halogens is 1. The Hall–Kier alpha value is -1.93. The van der Waals surface area contributed by atoms with Crippen molar-refractivity contribution in [1.29, 1.82) is 0 Å². The van der Waals surface area contributed by atoms with E-state index in [0.717, 1.165) is 32.7 Å². The van der Waals surface area contributed by atoms with Crippen LogP contribution in [-0.4, -0.2) is 31.7 Å². The number of hydrogen-bond acceptors (Lipinski definition) is 5. The van der Waals surface area contributed by atoms with E-state index in [2.05, 4.69) is 36.3 Å². The molecule has 0 aliphatic rings. The van der Waals surface area contributed by atoms with E-state index < -0.39 is 0 Å². The average Bonchev–Trinajstić information content (AvgIpc) is 2.97. The van der Waals surface area contributed by atoms with Gasteiger partial charge in [-0.15, -0.1) is 5.10 Å². The topological polar surface area (TPSA) is 72.2 Å². The summed E-state index contributed by atoms with van der Waals surface area (Å²) >= 11 is 4.90. The van der Waals surface area contributed by atoms with E-state index in [0.29, 0.717) is 10.9 Å². The summed E-state index contributed by atoms with van der Waals surface area (Å²) in [7, 11) is 0. The first-order valence-corrected chi connectivity index (χ1v) is 9.73. The molecular weight excluding hydrogens is 402 g/mol. The number of aromatic nitrogens is 4. The second-order valence-corrected chi connectivity index (χ2v) is 7.44.